The van der Waals surface area contributed by atoms with Gasteiger partial charge in [-0.3, -0.25) is 4.79 Å². The average molecular weight is 353 g/mol. The second kappa shape index (κ2) is 7.02. The number of carbonyl (C=O) groups is 1. The van der Waals surface area contributed by atoms with Crippen molar-refractivity contribution in [3.8, 4) is 11.5 Å². The summed E-state index contributed by atoms with van der Waals surface area (Å²) in [5.41, 5.74) is 4.07. The van der Waals surface area contributed by atoms with Crippen LogP contribution in [0.4, 0.5) is 0 Å². The van der Waals surface area contributed by atoms with Crippen LogP contribution in [0, 0.1) is 13.8 Å². The van der Waals surface area contributed by atoms with Crippen LogP contribution in [0.25, 0.3) is 0 Å². The van der Waals surface area contributed by atoms with Crippen molar-refractivity contribution >= 4 is 5.91 Å². The summed E-state index contributed by atoms with van der Waals surface area (Å²) < 4.78 is 11.4. The van der Waals surface area contributed by atoms with Gasteiger partial charge in [0.25, 0.3) is 0 Å². The molecule has 4 nitrogen and oxygen atoms in total. The van der Waals surface area contributed by atoms with Gasteiger partial charge in [0, 0.05) is 18.1 Å². The quantitative estimate of drug-likeness (QED) is 0.893. The Hall–Kier alpha value is -2.49. The lowest BCUT2D eigenvalue weighted by molar-refractivity contribution is -0.121. The van der Waals surface area contributed by atoms with Crippen LogP contribution in [0.15, 0.2) is 36.4 Å². The molecule has 1 N–H and O–H groups in total. The Bertz CT molecular complexity index is 826. The molecule has 0 fully saturated rings. The molecular formula is C22H27NO3. The van der Waals surface area contributed by atoms with E-state index in [1.165, 1.54) is 5.56 Å². The Morgan fingerprint density at radius 3 is 2.69 bits per heavy atom. The van der Waals surface area contributed by atoms with Crippen LogP contribution in [0.2, 0.25) is 0 Å². The SMILES string of the molecule is COc1ccc2c(c1)OC(C)(C)CC2NC(=O)Cc1ccc(C)cc1C. The lowest BCUT2D eigenvalue weighted by Gasteiger charge is -2.38. The highest BCUT2D eigenvalue weighted by atomic mass is 16.5. The number of rotatable bonds is 4. The van der Waals surface area contributed by atoms with Gasteiger partial charge in [0.1, 0.15) is 17.1 Å². The van der Waals surface area contributed by atoms with Crippen molar-refractivity contribution in [3.05, 3.63) is 58.7 Å². The fourth-order valence-corrected chi connectivity index (χ4v) is 3.55. The summed E-state index contributed by atoms with van der Waals surface area (Å²) in [5.74, 6) is 1.56. The number of amides is 1. The van der Waals surface area contributed by atoms with E-state index in [0.717, 1.165) is 34.6 Å². The third-order valence-corrected chi connectivity index (χ3v) is 4.86. The van der Waals surface area contributed by atoms with E-state index < -0.39 is 0 Å². The highest BCUT2D eigenvalue weighted by molar-refractivity contribution is 5.79. The average Bonchev–Trinajstić information content (AvgIpc) is 2.55. The van der Waals surface area contributed by atoms with Crippen molar-refractivity contribution in [1.29, 1.82) is 0 Å². The van der Waals surface area contributed by atoms with Crippen LogP contribution in [0.1, 0.15) is 48.6 Å². The zero-order valence-corrected chi connectivity index (χ0v) is 16.2. The molecule has 1 atom stereocenters. The minimum absolute atomic E-state index is 0.0291. The highest BCUT2D eigenvalue weighted by Gasteiger charge is 2.34. The number of fused-ring (bicyclic) bond motifs is 1. The number of hydrogen-bond donors (Lipinski definition) is 1. The van der Waals surface area contributed by atoms with Gasteiger partial charge in [0.2, 0.25) is 5.91 Å². The first-order valence-corrected chi connectivity index (χ1v) is 9.00. The van der Waals surface area contributed by atoms with Gasteiger partial charge < -0.3 is 14.8 Å². The third-order valence-electron chi connectivity index (χ3n) is 4.86. The molecule has 0 saturated carbocycles. The molecule has 138 valence electrons. The summed E-state index contributed by atoms with van der Waals surface area (Å²) in [6.45, 7) is 8.19. The molecule has 0 radical (unpaired) electrons. The molecule has 2 aromatic rings. The van der Waals surface area contributed by atoms with Gasteiger partial charge >= 0.3 is 0 Å². The van der Waals surface area contributed by atoms with Gasteiger partial charge in [-0.15, -0.1) is 0 Å². The lowest BCUT2D eigenvalue weighted by Crippen LogP contribution is -2.41. The van der Waals surface area contributed by atoms with Gasteiger partial charge in [-0.2, -0.15) is 0 Å². The lowest BCUT2D eigenvalue weighted by atomic mass is 9.89. The molecule has 0 spiro atoms. The van der Waals surface area contributed by atoms with E-state index in [0.29, 0.717) is 6.42 Å². The van der Waals surface area contributed by atoms with E-state index in [4.69, 9.17) is 9.47 Å². The molecule has 26 heavy (non-hydrogen) atoms. The number of hydrogen-bond acceptors (Lipinski definition) is 3. The number of benzene rings is 2. The summed E-state index contributed by atoms with van der Waals surface area (Å²) >= 11 is 0. The maximum atomic E-state index is 12.7. The zero-order chi connectivity index (χ0) is 18.9. The Balaban J connectivity index is 1.79. The standard InChI is InChI=1S/C22H27NO3/c1-14-6-7-16(15(2)10-14)11-21(24)23-19-13-22(3,4)26-20-12-17(25-5)8-9-18(19)20/h6-10,12,19H,11,13H2,1-5H3,(H,23,24). The maximum absolute atomic E-state index is 12.7. The molecule has 3 rings (SSSR count). The smallest absolute Gasteiger partial charge is 0.224 e. The molecule has 1 aliphatic rings. The van der Waals surface area contributed by atoms with Crippen molar-refractivity contribution in [2.24, 2.45) is 0 Å². The Kier molecular flexibility index (Phi) is 4.94. The molecule has 1 amide bonds. The van der Waals surface area contributed by atoms with E-state index in [9.17, 15) is 4.79 Å². The third kappa shape index (κ3) is 4.01. The first-order chi connectivity index (χ1) is 12.3. The number of aryl methyl sites for hydroxylation is 2. The van der Waals surface area contributed by atoms with Crippen molar-refractivity contribution in [2.45, 2.75) is 52.2 Å². The van der Waals surface area contributed by atoms with Gasteiger partial charge in [-0.1, -0.05) is 23.8 Å². The molecule has 2 aromatic carbocycles. The molecule has 0 aromatic heterocycles. The number of carbonyl (C=O) groups excluding carboxylic acids is 1. The van der Waals surface area contributed by atoms with Crippen molar-refractivity contribution in [3.63, 3.8) is 0 Å². The summed E-state index contributed by atoms with van der Waals surface area (Å²) in [7, 11) is 1.64. The first kappa shape index (κ1) is 18.3. The second-order valence-electron chi connectivity index (χ2n) is 7.70. The second-order valence-corrected chi connectivity index (χ2v) is 7.70. The summed E-state index contributed by atoms with van der Waals surface area (Å²) in [6, 6.07) is 11.9. The largest absolute Gasteiger partial charge is 0.497 e. The zero-order valence-electron chi connectivity index (χ0n) is 16.2. The monoisotopic (exact) mass is 353 g/mol. The molecule has 0 aliphatic carbocycles. The maximum Gasteiger partial charge on any atom is 0.224 e. The van der Waals surface area contributed by atoms with E-state index in [1.54, 1.807) is 7.11 Å². The van der Waals surface area contributed by atoms with E-state index in [2.05, 4.69) is 31.3 Å². The predicted octanol–water partition coefficient (Wildman–Crippen LogP) is 4.27. The Labute approximate surface area is 155 Å². The fraction of sp³-hybridized carbons (Fsp3) is 0.409. The fourth-order valence-electron chi connectivity index (χ4n) is 3.55. The van der Waals surface area contributed by atoms with E-state index >= 15 is 0 Å². The summed E-state index contributed by atoms with van der Waals surface area (Å²) in [4.78, 5) is 12.7. The molecule has 4 heteroatoms. The Morgan fingerprint density at radius 2 is 2.00 bits per heavy atom. The van der Waals surface area contributed by atoms with Crippen LogP contribution >= 0.6 is 0 Å². The van der Waals surface area contributed by atoms with Crippen molar-refractivity contribution < 1.29 is 14.3 Å². The summed E-state index contributed by atoms with van der Waals surface area (Å²) in [6.07, 6.45) is 1.11. The van der Waals surface area contributed by atoms with Crippen LogP contribution in [0.5, 0.6) is 11.5 Å². The normalized spacial score (nSPS) is 17.8. The topological polar surface area (TPSA) is 47.6 Å². The molecule has 1 unspecified atom stereocenters. The Morgan fingerprint density at radius 1 is 1.23 bits per heavy atom. The van der Waals surface area contributed by atoms with Gasteiger partial charge in [0.05, 0.1) is 19.6 Å². The minimum Gasteiger partial charge on any atom is -0.497 e. The minimum atomic E-state index is -0.350. The molecule has 0 saturated heterocycles. The van der Waals surface area contributed by atoms with Gasteiger partial charge in [-0.05, 0) is 51.0 Å². The molecule has 1 aliphatic heterocycles. The molecule has 1 heterocycles. The number of methoxy groups -OCH3 is 1. The first-order valence-electron chi connectivity index (χ1n) is 9.00. The highest BCUT2D eigenvalue weighted by Crippen LogP contribution is 2.41. The van der Waals surface area contributed by atoms with Crippen molar-refractivity contribution in [2.75, 3.05) is 7.11 Å². The number of nitrogens with one attached hydrogen (secondary N) is 1. The van der Waals surface area contributed by atoms with Gasteiger partial charge in [0.15, 0.2) is 0 Å². The predicted molar refractivity (Wildman–Crippen MR) is 103 cm³/mol. The summed E-state index contributed by atoms with van der Waals surface area (Å²) in [5, 5.41) is 3.20. The van der Waals surface area contributed by atoms with Crippen LogP contribution in [0.3, 0.4) is 0 Å². The number of ether oxygens (including phenoxy) is 2. The van der Waals surface area contributed by atoms with Gasteiger partial charge in [-0.25, -0.2) is 0 Å². The molecular weight excluding hydrogens is 326 g/mol. The van der Waals surface area contributed by atoms with Crippen molar-refractivity contribution in [1.82, 2.24) is 5.32 Å². The van der Waals surface area contributed by atoms with Crippen LogP contribution in [-0.4, -0.2) is 18.6 Å². The molecule has 0 bridgehead atoms. The van der Waals surface area contributed by atoms with Crippen LogP contribution in [-0.2, 0) is 11.2 Å². The van der Waals surface area contributed by atoms with E-state index in [-0.39, 0.29) is 17.6 Å². The van der Waals surface area contributed by atoms with E-state index in [1.807, 2.05) is 38.1 Å². The van der Waals surface area contributed by atoms with Crippen LogP contribution < -0.4 is 14.8 Å².